The smallest absolute Gasteiger partial charge is 0.0571 e. The van der Waals surface area contributed by atoms with E-state index in [4.69, 9.17) is 0 Å². The van der Waals surface area contributed by atoms with Crippen molar-refractivity contribution in [1.29, 1.82) is 0 Å². The lowest BCUT2D eigenvalue weighted by atomic mass is 9.78. The van der Waals surface area contributed by atoms with Crippen molar-refractivity contribution >= 4 is 11.3 Å². The molecule has 2 heteroatoms. The highest BCUT2D eigenvalue weighted by atomic mass is 32.1. The average Bonchev–Trinajstić information content (AvgIpc) is 2.49. The first-order valence-corrected chi connectivity index (χ1v) is 4.99. The van der Waals surface area contributed by atoms with Crippen molar-refractivity contribution in [2.75, 3.05) is 0 Å². The van der Waals surface area contributed by atoms with Crippen LogP contribution in [0.4, 0.5) is 0 Å². The Morgan fingerprint density at radius 1 is 1.55 bits per heavy atom. The topological polar surface area (TPSA) is 20.2 Å². The molecule has 1 saturated carbocycles. The highest BCUT2D eigenvalue weighted by Crippen LogP contribution is 2.30. The molecule has 0 saturated heterocycles. The van der Waals surface area contributed by atoms with Crippen molar-refractivity contribution in [2.24, 2.45) is 5.92 Å². The van der Waals surface area contributed by atoms with E-state index in [2.05, 4.69) is 16.8 Å². The molecule has 0 spiro atoms. The minimum Gasteiger partial charge on any atom is -0.393 e. The fourth-order valence-corrected chi connectivity index (χ4v) is 2.18. The minimum absolute atomic E-state index is 0.0186. The van der Waals surface area contributed by atoms with E-state index in [1.54, 1.807) is 11.3 Å². The normalized spacial score (nSPS) is 29.9. The van der Waals surface area contributed by atoms with E-state index in [1.165, 1.54) is 12.0 Å². The summed E-state index contributed by atoms with van der Waals surface area (Å²) < 4.78 is 0. The number of aliphatic hydroxyl groups excluding tert-OH is 1. The van der Waals surface area contributed by atoms with E-state index in [0.717, 1.165) is 12.8 Å². The number of hydrogen-bond donors (Lipinski definition) is 1. The molecule has 1 aliphatic rings. The predicted octanol–water partition coefficient (Wildman–Crippen LogP) is 2.06. The third kappa shape index (κ3) is 1.47. The third-order valence-electron chi connectivity index (χ3n) is 2.46. The van der Waals surface area contributed by atoms with Gasteiger partial charge in [0.05, 0.1) is 6.10 Å². The lowest BCUT2D eigenvalue weighted by molar-refractivity contribution is 0.0245. The molecule has 0 radical (unpaired) electrons. The van der Waals surface area contributed by atoms with Crippen molar-refractivity contribution in [3.05, 3.63) is 22.4 Å². The van der Waals surface area contributed by atoms with Gasteiger partial charge in [0.2, 0.25) is 0 Å². The maximum absolute atomic E-state index is 9.31. The summed E-state index contributed by atoms with van der Waals surface area (Å²) >= 11 is 1.74. The molecule has 0 aromatic carbocycles. The first-order chi connectivity index (χ1) is 5.36. The molecule has 60 valence electrons. The molecule has 2 unspecified atom stereocenters. The van der Waals surface area contributed by atoms with E-state index in [9.17, 15) is 5.11 Å². The van der Waals surface area contributed by atoms with Crippen LogP contribution in [0.25, 0.3) is 0 Å². The van der Waals surface area contributed by atoms with Crippen molar-refractivity contribution in [2.45, 2.75) is 25.4 Å². The molecule has 1 N–H and O–H groups in total. The Hall–Kier alpha value is -0.340. The second-order valence-corrected chi connectivity index (χ2v) is 4.02. The molecular formula is C9H12OS. The van der Waals surface area contributed by atoms with Gasteiger partial charge < -0.3 is 5.11 Å². The quantitative estimate of drug-likeness (QED) is 0.716. The molecule has 1 aromatic rings. The van der Waals surface area contributed by atoms with Gasteiger partial charge in [0.25, 0.3) is 0 Å². The lowest BCUT2D eigenvalue weighted by Crippen LogP contribution is -2.32. The second kappa shape index (κ2) is 2.95. The van der Waals surface area contributed by atoms with Crippen LogP contribution in [0.1, 0.15) is 18.4 Å². The Morgan fingerprint density at radius 3 is 2.91 bits per heavy atom. The molecule has 1 aliphatic carbocycles. The van der Waals surface area contributed by atoms with E-state index in [0.29, 0.717) is 5.92 Å². The largest absolute Gasteiger partial charge is 0.393 e. The predicted molar refractivity (Wildman–Crippen MR) is 46.8 cm³/mol. The number of thiophene rings is 1. The highest BCUT2D eigenvalue weighted by molar-refractivity contribution is 7.07. The zero-order valence-electron chi connectivity index (χ0n) is 6.36. The van der Waals surface area contributed by atoms with Gasteiger partial charge in [0.15, 0.2) is 0 Å². The molecule has 1 nitrogen and oxygen atoms in total. The Morgan fingerprint density at radius 2 is 2.45 bits per heavy atom. The summed E-state index contributed by atoms with van der Waals surface area (Å²) in [6, 6.07) is 2.15. The Kier molecular flexibility index (Phi) is 1.96. The Balaban J connectivity index is 1.91. The third-order valence-corrected chi connectivity index (χ3v) is 3.19. The molecule has 1 aromatic heterocycles. The second-order valence-electron chi connectivity index (χ2n) is 3.24. The molecule has 0 bridgehead atoms. The van der Waals surface area contributed by atoms with Crippen LogP contribution in [-0.4, -0.2) is 11.2 Å². The molecule has 1 fully saturated rings. The molecule has 11 heavy (non-hydrogen) atoms. The van der Waals surface area contributed by atoms with Gasteiger partial charge in [0.1, 0.15) is 0 Å². The maximum Gasteiger partial charge on any atom is 0.0571 e. The van der Waals surface area contributed by atoms with Gasteiger partial charge in [-0.15, -0.1) is 0 Å². The van der Waals surface area contributed by atoms with Crippen molar-refractivity contribution < 1.29 is 5.11 Å². The van der Waals surface area contributed by atoms with Crippen LogP contribution in [0.2, 0.25) is 0 Å². The summed E-state index contributed by atoms with van der Waals surface area (Å²) in [7, 11) is 0. The van der Waals surface area contributed by atoms with Crippen LogP contribution >= 0.6 is 11.3 Å². The molecule has 0 aliphatic heterocycles. The summed E-state index contributed by atoms with van der Waals surface area (Å²) in [5, 5.41) is 13.6. The maximum atomic E-state index is 9.31. The van der Waals surface area contributed by atoms with Gasteiger partial charge in [-0.1, -0.05) is 0 Å². The van der Waals surface area contributed by atoms with E-state index in [1.807, 2.05) is 0 Å². The molecule has 0 amide bonds. The monoisotopic (exact) mass is 168 g/mol. The van der Waals surface area contributed by atoms with Crippen LogP contribution in [0.5, 0.6) is 0 Å². The first-order valence-electron chi connectivity index (χ1n) is 4.05. The zero-order chi connectivity index (χ0) is 7.68. The van der Waals surface area contributed by atoms with Gasteiger partial charge in [-0.2, -0.15) is 11.3 Å². The Bertz CT molecular complexity index is 217. The van der Waals surface area contributed by atoms with Gasteiger partial charge in [-0.25, -0.2) is 0 Å². The lowest BCUT2D eigenvalue weighted by Gasteiger charge is -2.32. The van der Waals surface area contributed by atoms with E-state index < -0.39 is 0 Å². The van der Waals surface area contributed by atoms with E-state index >= 15 is 0 Å². The van der Waals surface area contributed by atoms with Crippen molar-refractivity contribution in [3.8, 4) is 0 Å². The fourth-order valence-electron chi connectivity index (χ4n) is 1.50. The molecule has 2 rings (SSSR count). The molecule has 1 heterocycles. The summed E-state index contributed by atoms with van der Waals surface area (Å²) in [4.78, 5) is 0. The van der Waals surface area contributed by atoms with E-state index in [-0.39, 0.29) is 6.10 Å². The minimum atomic E-state index is -0.0186. The van der Waals surface area contributed by atoms with Crippen LogP contribution in [0.3, 0.4) is 0 Å². The average molecular weight is 168 g/mol. The summed E-state index contributed by atoms with van der Waals surface area (Å²) in [5.41, 5.74) is 1.39. The molecular weight excluding hydrogens is 156 g/mol. The van der Waals surface area contributed by atoms with Gasteiger partial charge >= 0.3 is 0 Å². The van der Waals surface area contributed by atoms with Gasteiger partial charge in [-0.05, 0) is 47.6 Å². The highest BCUT2D eigenvalue weighted by Gasteiger charge is 2.28. The SMILES string of the molecule is OC1CCC1Cc1ccsc1. The van der Waals surface area contributed by atoms with Crippen LogP contribution in [0, 0.1) is 5.92 Å². The van der Waals surface area contributed by atoms with Crippen LogP contribution < -0.4 is 0 Å². The summed E-state index contributed by atoms with van der Waals surface area (Å²) in [6.45, 7) is 0. The van der Waals surface area contributed by atoms with Crippen LogP contribution in [0.15, 0.2) is 16.8 Å². The summed E-state index contributed by atoms with van der Waals surface area (Å²) in [6.07, 6.45) is 3.27. The van der Waals surface area contributed by atoms with Gasteiger partial charge in [0, 0.05) is 0 Å². The first kappa shape index (κ1) is 7.32. The number of rotatable bonds is 2. The fraction of sp³-hybridized carbons (Fsp3) is 0.556. The standard InChI is InChI=1S/C9H12OS/c10-9-2-1-8(9)5-7-3-4-11-6-7/h3-4,6,8-10H,1-2,5H2. The number of aliphatic hydroxyl groups is 1. The Labute approximate surface area is 70.7 Å². The van der Waals surface area contributed by atoms with Crippen molar-refractivity contribution in [3.63, 3.8) is 0 Å². The summed E-state index contributed by atoms with van der Waals surface area (Å²) in [5.74, 6) is 0.546. The number of hydrogen-bond acceptors (Lipinski definition) is 2. The van der Waals surface area contributed by atoms with Crippen molar-refractivity contribution in [1.82, 2.24) is 0 Å². The zero-order valence-corrected chi connectivity index (χ0v) is 7.18. The molecule has 2 atom stereocenters. The van der Waals surface area contributed by atoms with Crippen LogP contribution in [-0.2, 0) is 6.42 Å². The van der Waals surface area contributed by atoms with Gasteiger partial charge in [-0.3, -0.25) is 0 Å².